The highest BCUT2D eigenvalue weighted by Gasteiger charge is 2.66. The van der Waals surface area contributed by atoms with Crippen LogP contribution >= 0.6 is 0 Å². The molecule has 1 saturated heterocycles. The largest absolute Gasteiger partial charge is 0.508 e. The van der Waals surface area contributed by atoms with Crippen LogP contribution in [0.15, 0.2) is 6.07 Å². The number of carbonyl (C=O) groups is 2. The average molecular weight is 454 g/mol. The molecule has 2 bridgehead atoms. The van der Waals surface area contributed by atoms with Gasteiger partial charge in [-0.05, 0) is 56.9 Å². The lowest BCUT2D eigenvalue weighted by atomic mass is 9.51. The van der Waals surface area contributed by atoms with E-state index in [0.29, 0.717) is 29.8 Å². The predicted molar refractivity (Wildman–Crippen MR) is 124 cm³/mol. The van der Waals surface area contributed by atoms with E-state index in [-0.39, 0.29) is 29.2 Å². The summed E-state index contributed by atoms with van der Waals surface area (Å²) in [6.45, 7) is 7.98. The molecule has 7 heteroatoms. The van der Waals surface area contributed by atoms with Gasteiger partial charge in [0, 0.05) is 40.6 Å². The Bertz CT molecular complexity index is 1010. The molecule has 6 rings (SSSR count). The van der Waals surface area contributed by atoms with Crippen molar-refractivity contribution in [2.75, 3.05) is 18.4 Å². The van der Waals surface area contributed by atoms with Crippen LogP contribution in [0.1, 0.15) is 64.0 Å². The van der Waals surface area contributed by atoms with Gasteiger partial charge in [0.2, 0.25) is 12.3 Å². The number of benzene rings is 1. The van der Waals surface area contributed by atoms with E-state index in [0.717, 1.165) is 55.8 Å². The Morgan fingerprint density at radius 1 is 1.30 bits per heavy atom. The van der Waals surface area contributed by atoms with Gasteiger partial charge in [0.1, 0.15) is 17.6 Å². The van der Waals surface area contributed by atoms with Crippen LogP contribution in [-0.2, 0) is 21.4 Å². The number of nitrogens with one attached hydrogen (secondary N) is 2. The van der Waals surface area contributed by atoms with E-state index >= 15 is 0 Å². The average Bonchev–Trinajstić information content (AvgIpc) is 3.50. The highest BCUT2D eigenvalue weighted by molar-refractivity contribution is 5.83. The molecule has 2 heterocycles. The van der Waals surface area contributed by atoms with Gasteiger partial charge in [0.05, 0.1) is 11.7 Å². The van der Waals surface area contributed by atoms with Crippen LogP contribution in [0.4, 0.5) is 5.69 Å². The number of phenolic OH excluding ortho intramolecular Hbond substituents is 1. The number of ether oxygens (including phenoxy) is 1. The zero-order chi connectivity index (χ0) is 23.1. The minimum Gasteiger partial charge on any atom is -0.508 e. The predicted octanol–water partition coefficient (Wildman–Crippen LogP) is 2.94. The van der Waals surface area contributed by atoms with Crippen molar-refractivity contribution < 1.29 is 19.4 Å². The van der Waals surface area contributed by atoms with Gasteiger partial charge in [-0.15, -0.1) is 0 Å². The van der Waals surface area contributed by atoms with Gasteiger partial charge < -0.3 is 20.5 Å². The Morgan fingerprint density at radius 3 is 2.79 bits per heavy atom. The highest BCUT2D eigenvalue weighted by atomic mass is 16.5. The van der Waals surface area contributed by atoms with Crippen LogP contribution in [0.2, 0.25) is 0 Å². The standard InChI is InChI=1S/C26H35N3O4/c1-25(2,3)24(32)28-17-7-6-16-19-10-15-20(31)11-18(27-13-30)22-21(15)26(16,23(17)33-22)8-9-29(19)12-14-4-5-14/h11,13-14,16-17,19,23,31H,4-10,12H2,1-3H3,(H,27,30)(H,28,32)/t16-,17+,19+,23-,26-/m0/s1. The molecule has 3 aliphatic carbocycles. The first-order valence-electron chi connectivity index (χ1n) is 12.5. The summed E-state index contributed by atoms with van der Waals surface area (Å²) in [5.41, 5.74) is 1.90. The van der Waals surface area contributed by atoms with Crippen molar-refractivity contribution in [2.45, 2.75) is 82.9 Å². The smallest absolute Gasteiger partial charge is 0.225 e. The van der Waals surface area contributed by atoms with Crippen LogP contribution in [0.25, 0.3) is 0 Å². The Labute approximate surface area is 195 Å². The van der Waals surface area contributed by atoms with Crippen molar-refractivity contribution in [3.05, 3.63) is 17.2 Å². The molecule has 2 amide bonds. The first kappa shape index (κ1) is 21.3. The lowest BCUT2D eigenvalue weighted by Crippen LogP contribution is -2.69. The number of hydrogen-bond donors (Lipinski definition) is 3. The topological polar surface area (TPSA) is 90.9 Å². The van der Waals surface area contributed by atoms with Crippen molar-refractivity contribution in [3.8, 4) is 11.5 Å². The molecule has 7 nitrogen and oxygen atoms in total. The second-order valence-corrected chi connectivity index (χ2v) is 11.9. The summed E-state index contributed by atoms with van der Waals surface area (Å²) in [4.78, 5) is 27.0. The normalized spacial score (nSPS) is 34.3. The number of rotatable bonds is 5. The molecule has 1 spiro atoms. The molecule has 3 N–H and O–H groups in total. The van der Waals surface area contributed by atoms with E-state index in [2.05, 4.69) is 15.5 Å². The van der Waals surface area contributed by atoms with Gasteiger partial charge >= 0.3 is 0 Å². The first-order chi connectivity index (χ1) is 15.7. The van der Waals surface area contributed by atoms with Crippen molar-refractivity contribution >= 4 is 18.0 Å². The number of phenols is 1. The Kier molecular flexibility index (Phi) is 4.58. The van der Waals surface area contributed by atoms with Gasteiger partial charge in [-0.3, -0.25) is 14.5 Å². The van der Waals surface area contributed by atoms with Crippen molar-refractivity contribution in [1.82, 2.24) is 10.2 Å². The SMILES string of the molecule is CC(C)(C)C(=O)N[C@@H]1CC[C@H]2[C@H]3Cc4c(O)cc(NC=O)c5c4[C@@]2(CCN3CC2CC2)[C@H]1O5. The Morgan fingerprint density at radius 2 is 2.09 bits per heavy atom. The van der Waals surface area contributed by atoms with Crippen LogP contribution in [-0.4, -0.2) is 53.6 Å². The lowest BCUT2D eigenvalue weighted by Gasteiger charge is -2.59. The molecule has 5 aliphatic rings. The molecule has 0 unspecified atom stereocenters. The van der Waals surface area contributed by atoms with Crippen LogP contribution in [0.3, 0.4) is 0 Å². The van der Waals surface area contributed by atoms with Gasteiger partial charge in [-0.1, -0.05) is 20.8 Å². The summed E-state index contributed by atoms with van der Waals surface area (Å²) in [5.74, 6) is 2.24. The van der Waals surface area contributed by atoms with Crippen LogP contribution < -0.4 is 15.4 Å². The third kappa shape index (κ3) is 3.04. The number of hydrogen-bond acceptors (Lipinski definition) is 5. The molecule has 33 heavy (non-hydrogen) atoms. The fraction of sp³-hybridized carbons (Fsp3) is 0.692. The maximum absolute atomic E-state index is 13.0. The zero-order valence-corrected chi connectivity index (χ0v) is 19.8. The molecular weight excluding hydrogens is 418 g/mol. The maximum Gasteiger partial charge on any atom is 0.225 e. The summed E-state index contributed by atoms with van der Waals surface area (Å²) >= 11 is 0. The molecule has 0 radical (unpaired) electrons. The summed E-state index contributed by atoms with van der Waals surface area (Å²) in [5, 5.41) is 17.1. The second-order valence-electron chi connectivity index (χ2n) is 11.9. The fourth-order valence-corrected chi connectivity index (χ4v) is 7.27. The van der Waals surface area contributed by atoms with E-state index in [1.807, 2.05) is 20.8 Å². The Hall–Kier alpha value is -2.28. The molecular formula is C26H35N3O4. The number of piperidine rings is 1. The van der Waals surface area contributed by atoms with Crippen LogP contribution in [0, 0.1) is 17.3 Å². The summed E-state index contributed by atoms with van der Waals surface area (Å²) in [6.07, 6.45) is 6.82. The second kappa shape index (κ2) is 7.11. The lowest BCUT2D eigenvalue weighted by molar-refractivity contribution is -0.132. The first-order valence-corrected chi connectivity index (χ1v) is 12.5. The molecule has 178 valence electrons. The molecule has 2 aliphatic heterocycles. The molecule has 2 saturated carbocycles. The highest BCUT2D eigenvalue weighted by Crippen LogP contribution is 2.65. The Balaban J connectivity index is 1.46. The van der Waals surface area contributed by atoms with Gasteiger partial charge in [0.25, 0.3) is 0 Å². The van der Waals surface area contributed by atoms with Gasteiger partial charge in [-0.25, -0.2) is 0 Å². The van der Waals surface area contributed by atoms with Crippen LogP contribution in [0.5, 0.6) is 11.5 Å². The summed E-state index contributed by atoms with van der Waals surface area (Å²) < 4.78 is 6.71. The molecule has 5 atom stereocenters. The summed E-state index contributed by atoms with van der Waals surface area (Å²) in [7, 11) is 0. The zero-order valence-electron chi connectivity index (χ0n) is 19.8. The molecule has 1 aromatic rings. The van der Waals surface area contributed by atoms with E-state index in [4.69, 9.17) is 4.74 Å². The maximum atomic E-state index is 13.0. The van der Waals surface area contributed by atoms with E-state index in [9.17, 15) is 14.7 Å². The third-order valence-corrected chi connectivity index (χ3v) is 8.96. The number of nitrogens with zero attached hydrogens (tertiary/aromatic N) is 1. The molecule has 3 fully saturated rings. The minimum absolute atomic E-state index is 0.0368. The summed E-state index contributed by atoms with van der Waals surface area (Å²) in [6, 6.07) is 1.94. The third-order valence-electron chi connectivity index (χ3n) is 8.96. The number of anilines is 1. The molecule has 0 aromatic heterocycles. The van der Waals surface area contributed by atoms with Gasteiger partial charge in [-0.2, -0.15) is 0 Å². The van der Waals surface area contributed by atoms with E-state index in [1.54, 1.807) is 6.07 Å². The van der Waals surface area contributed by atoms with E-state index < -0.39 is 5.41 Å². The number of aromatic hydroxyl groups is 1. The number of amides is 2. The number of likely N-dealkylation sites (tertiary alicyclic amines) is 1. The van der Waals surface area contributed by atoms with Crippen molar-refractivity contribution in [1.29, 1.82) is 0 Å². The minimum atomic E-state index is -0.476. The van der Waals surface area contributed by atoms with E-state index in [1.165, 1.54) is 12.8 Å². The fourth-order valence-electron chi connectivity index (χ4n) is 7.27. The number of carbonyl (C=O) groups excluding carboxylic acids is 2. The van der Waals surface area contributed by atoms with Crippen molar-refractivity contribution in [3.63, 3.8) is 0 Å². The van der Waals surface area contributed by atoms with Crippen molar-refractivity contribution in [2.24, 2.45) is 17.3 Å². The quantitative estimate of drug-likeness (QED) is 0.597. The molecule has 1 aromatic carbocycles. The van der Waals surface area contributed by atoms with Gasteiger partial charge in [0.15, 0.2) is 0 Å². The monoisotopic (exact) mass is 453 g/mol.